The van der Waals surface area contributed by atoms with Crippen LogP contribution >= 0.6 is 15.2 Å². The van der Waals surface area contributed by atoms with Gasteiger partial charge in [-0.25, -0.2) is 0 Å². The molecule has 0 amide bonds. The number of unbranched alkanes of at least 4 members (excludes halogenated alkanes) is 4. The van der Waals surface area contributed by atoms with Crippen molar-refractivity contribution in [3.63, 3.8) is 0 Å². The Morgan fingerprint density at radius 1 is 0.864 bits per heavy atom. The van der Waals surface area contributed by atoms with E-state index >= 15 is 0 Å². The van der Waals surface area contributed by atoms with Crippen LogP contribution < -0.4 is 0 Å². The van der Waals surface area contributed by atoms with Gasteiger partial charge in [-0.1, -0.05) is 32.3 Å². The molecule has 0 aromatic rings. The first-order chi connectivity index (χ1) is 10.4. The van der Waals surface area contributed by atoms with Crippen LogP contribution in [0.1, 0.15) is 52.9 Å². The van der Waals surface area contributed by atoms with Crippen molar-refractivity contribution in [2.24, 2.45) is 0 Å². The third-order valence-electron chi connectivity index (χ3n) is 3.02. The van der Waals surface area contributed by atoms with Gasteiger partial charge in [-0.2, -0.15) is 0 Å². The Morgan fingerprint density at radius 3 is 1.82 bits per heavy atom. The highest BCUT2D eigenvalue weighted by Gasteiger charge is 2.43. The van der Waals surface area contributed by atoms with Gasteiger partial charge >= 0.3 is 15.2 Å². The summed E-state index contributed by atoms with van der Waals surface area (Å²) in [4.78, 5) is 0. The van der Waals surface area contributed by atoms with Gasteiger partial charge in [0.05, 0.1) is 13.2 Å². The summed E-state index contributed by atoms with van der Waals surface area (Å²) >= 11 is 0. The van der Waals surface area contributed by atoms with E-state index in [0.717, 1.165) is 25.7 Å². The van der Waals surface area contributed by atoms with Gasteiger partial charge in [0, 0.05) is 14.2 Å². The Labute approximate surface area is 134 Å². The van der Waals surface area contributed by atoms with Gasteiger partial charge in [0.25, 0.3) is 0 Å². The van der Waals surface area contributed by atoms with Gasteiger partial charge in [-0.05, 0) is 26.7 Å². The summed E-state index contributed by atoms with van der Waals surface area (Å²) in [6.07, 6.45) is 6.47. The summed E-state index contributed by atoms with van der Waals surface area (Å²) < 4.78 is 46.3. The van der Waals surface area contributed by atoms with Crippen molar-refractivity contribution < 1.29 is 27.2 Å². The molecule has 0 saturated carbocycles. The Kier molecular flexibility index (Phi) is 11.6. The molecule has 0 radical (unpaired) electrons. The molecule has 0 saturated heterocycles. The molecule has 8 heteroatoms. The fourth-order valence-corrected chi connectivity index (χ4v) is 6.23. The second-order valence-corrected chi connectivity index (χ2v) is 9.16. The molecule has 22 heavy (non-hydrogen) atoms. The SMILES string of the molecule is CCCCCC/C=C(/P(=O)(OC)OC)P(=O)(OCC)OCC. The predicted octanol–water partition coefficient (Wildman–Crippen LogP) is 5.55. The van der Waals surface area contributed by atoms with Crippen LogP contribution in [-0.4, -0.2) is 27.4 Å². The van der Waals surface area contributed by atoms with Crippen LogP contribution in [0.4, 0.5) is 0 Å². The maximum atomic E-state index is 13.0. The van der Waals surface area contributed by atoms with Gasteiger partial charge in [-0.3, -0.25) is 9.13 Å². The van der Waals surface area contributed by atoms with Crippen molar-refractivity contribution in [3.05, 3.63) is 11.1 Å². The van der Waals surface area contributed by atoms with Crippen LogP contribution in [0.15, 0.2) is 11.1 Å². The number of rotatable bonds is 13. The van der Waals surface area contributed by atoms with Crippen LogP contribution in [0.25, 0.3) is 0 Å². The molecule has 132 valence electrons. The second kappa shape index (κ2) is 11.6. The highest BCUT2D eigenvalue weighted by Crippen LogP contribution is 2.73. The molecule has 0 atom stereocenters. The molecule has 0 N–H and O–H groups in total. The zero-order chi connectivity index (χ0) is 17.1. The summed E-state index contributed by atoms with van der Waals surface area (Å²) in [7, 11) is -4.85. The highest BCUT2D eigenvalue weighted by atomic mass is 31.2. The first-order valence-corrected chi connectivity index (χ1v) is 10.8. The van der Waals surface area contributed by atoms with E-state index in [2.05, 4.69) is 6.92 Å². The molecule has 0 aromatic carbocycles. The number of hydrogen-bond acceptors (Lipinski definition) is 6. The van der Waals surface area contributed by atoms with E-state index < -0.39 is 15.2 Å². The Hall–Kier alpha value is 0.0400. The zero-order valence-electron chi connectivity index (χ0n) is 14.4. The fourth-order valence-electron chi connectivity index (χ4n) is 1.95. The van der Waals surface area contributed by atoms with E-state index in [1.807, 2.05) is 0 Å². The van der Waals surface area contributed by atoms with Crippen LogP contribution in [0.5, 0.6) is 0 Å². The average molecular weight is 356 g/mol. The summed E-state index contributed by atoms with van der Waals surface area (Å²) in [5, 5.41) is 0.00481. The molecule has 0 aromatic heterocycles. The molecule has 0 bridgehead atoms. The third-order valence-corrected chi connectivity index (χ3v) is 8.14. The molecule has 0 unspecified atom stereocenters. The van der Waals surface area contributed by atoms with Gasteiger partial charge in [0.1, 0.15) is 5.06 Å². The van der Waals surface area contributed by atoms with Crippen LogP contribution in [0.2, 0.25) is 0 Å². The third kappa shape index (κ3) is 6.66. The lowest BCUT2D eigenvalue weighted by Crippen LogP contribution is -2.02. The molecule has 0 fully saturated rings. The average Bonchev–Trinajstić information content (AvgIpc) is 2.50. The van der Waals surface area contributed by atoms with Crippen molar-refractivity contribution >= 4 is 15.2 Å². The minimum Gasteiger partial charge on any atom is -0.308 e. The molecule has 0 aliphatic carbocycles. The summed E-state index contributed by atoms with van der Waals surface area (Å²) in [5.74, 6) is 0. The Bertz CT molecular complexity index is 404. The van der Waals surface area contributed by atoms with Crippen LogP contribution in [0.3, 0.4) is 0 Å². The molecule has 0 heterocycles. The molecular formula is C14H30O6P2. The Morgan fingerprint density at radius 2 is 1.41 bits per heavy atom. The largest absolute Gasteiger partial charge is 0.369 e. The predicted molar refractivity (Wildman–Crippen MR) is 89.3 cm³/mol. The summed E-state index contributed by atoms with van der Waals surface area (Å²) in [5.41, 5.74) is 0. The monoisotopic (exact) mass is 356 g/mol. The van der Waals surface area contributed by atoms with Crippen molar-refractivity contribution in [2.45, 2.75) is 52.9 Å². The van der Waals surface area contributed by atoms with Gasteiger partial charge < -0.3 is 18.1 Å². The van der Waals surface area contributed by atoms with Crippen molar-refractivity contribution in [3.8, 4) is 0 Å². The molecule has 0 aliphatic rings. The molecule has 0 rings (SSSR count). The number of allylic oxidation sites excluding steroid dienone is 1. The van der Waals surface area contributed by atoms with Gasteiger partial charge in [0.2, 0.25) is 0 Å². The van der Waals surface area contributed by atoms with Gasteiger partial charge in [0.15, 0.2) is 0 Å². The molecule has 6 nitrogen and oxygen atoms in total. The quantitative estimate of drug-likeness (QED) is 0.318. The topological polar surface area (TPSA) is 71.1 Å². The maximum absolute atomic E-state index is 13.0. The lowest BCUT2D eigenvalue weighted by atomic mass is 10.2. The maximum Gasteiger partial charge on any atom is 0.369 e. The van der Waals surface area contributed by atoms with Crippen LogP contribution in [0, 0.1) is 0 Å². The summed E-state index contributed by atoms with van der Waals surface area (Å²) in [6, 6.07) is 0. The van der Waals surface area contributed by atoms with Crippen molar-refractivity contribution in [2.75, 3.05) is 27.4 Å². The fraction of sp³-hybridized carbons (Fsp3) is 0.857. The zero-order valence-corrected chi connectivity index (χ0v) is 16.2. The van der Waals surface area contributed by atoms with Crippen molar-refractivity contribution in [1.82, 2.24) is 0 Å². The van der Waals surface area contributed by atoms with E-state index in [4.69, 9.17) is 18.1 Å². The lowest BCUT2D eigenvalue weighted by Gasteiger charge is -2.24. The summed E-state index contributed by atoms with van der Waals surface area (Å²) in [6.45, 7) is 5.89. The first kappa shape index (κ1) is 22.0. The smallest absolute Gasteiger partial charge is 0.308 e. The standard InChI is InChI=1S/C14H30O6P2/c1-6-9-10-11-12-13-14(21(15,17-4)18-5)22(16,19-7-2)20-8-3/h13H,6-12H2,1-5H3/b14-13-. The minimum absolute atomic E-state index is 0.00481. The minimum atomic E-state index is -3.69. The van der Waals surface area contributed by atoms with Crippen molar-refractivity contribution in [1.29, 1.82) is 0 Å². The van der Waals surface area contributed by atoms with E-state index in [-0.39, 0.29) is 18.3 Å². The van der Waals surface area contributed by atoms with E-state index in [9.17, 15) is 9.13 Å². The molecular weight excluding hydrogens is 326 g/mol. The lowest BCUT2D eigenvalue weighted by molar-refractivity contribution is 0.224. The molecule has 0 aliphatic heterocycles. The number of hydrogen-bond donors (Lipinski definition) is 0. The van der Waals surface area contributed by atoms with Crippen LogP contribution in [-0.2, 0) is 27.2 Å². The van der Waals surface area contributed by atoms with E-state index in [1.54, 1.807) is 19.9 Å². The van der Waals surface area contributed by atoms with E-state index in [1.165, 1.54) is 14.2 Å². The van der Waals surface area contributed by atoms with Gasteiger partial charge in [-0.15, -0.1) is 0 Å². The normalized spacial score (nSPS) is 13.6. The Balaban J connectivity index is 5.43. The highest BCUT2D eigenvalue weighted by molar-refractivity contribution is 7.78. The van der Waals surface area contributed by atoms with E-state index in [0.29, 0.717) is 6.42 Å². The first-order valence-electron chi connectivity index (χ1n) is 7.75. The molecule has 0 spiro atoms. The second-order valence-electron chi connectivity index (χ2n) is 4.61.